The Balaban J connectivity index is 0.000000178. The largest absolute Gasteiger partial charge is 0.361 e. The summed E-state index contributed by atoms with van der Waals surface area (Å²) in [7, 11) is 2.19. The van der Waals surface area contributed by atoms with Gasteiger partial charge >= 0.3 is 0 Å². The smallest absolute Gasteiger partial charge is 0.0710 e. The van der Waals surface area contributed by atoms with E-state index in [-0.39, 0.29) is 0 Å². The van der Waals surface area contributed by atoms with E-state index in [4.69, 9.17) is 0 Å². The Labute approximate surface area is 405 Å². The molecule has 1 aliphatic heterocycles. The lowest BCUT2D eigenvalue weighted by Crippen LogP contribution is -2.30. The highest BCUT2D eigenvalue weighted by molar-refractivity contribution is 5.99. The van der Waals surface area contributed by atoms with Gasteiger partial charge in [-0.25, -0.2) is 0 Å². The number of allylic oxidation sites excluding steroid dienone is 12. The van der Waals surface area contributed by atoms with Gasteiger partial charge < -0.3 is 10.2 Å². The van der Waals surface area contributed by atoms with Crippen LogP contribution >= 0.6 is 0 Å². The van der Waals surface area contributed by atoms with Crippen LogP contribution in [0.4, 0.5) is 11.4 Å². The van der Waals surface area contributed by atoms with E-state index < -0.39 is 5.41 Å². The van der Waals surface area contributed by atoms with Crippen LogP contribution in [-0.2, 0) is 5.41 Å². The number of nitrogens with one attached hydrogen (secondary N) is 1. The molecule has 11 rings (SSSR count). The van der Waals surface area contributed by atoms with Crippen LogP contribution in [0.2, 0.25) is 0 Å². The van der Waals surface area contributed by atoms with Crippen molar-refractivity contribution >= 4 is 16.9 Å². The standard InChI is InChI=1S/C39H31N.C25H25N.C2H6/c1-2-15-27-40-37-26-25-30(29-16-6-3-7-17-29)28-34(37)38-33-22-13-14-23-35(33)39(36(38)24-12-1,31-18-8-4-9-19-31)32-20-10-5-11-21-32;1-26(24-16-12-22(13-17-24)20-8-4-2-5-9-20)25-18-14-23(15-19-25)21-10-6-3-7-11-21;1-2/h1-4,6-10,12-28,40H,5,11H2;2-13,16-18,23H,14-15,19H2,1H3;1-2H3/b2-1-,24-12-,27-15+;;. The molecule has 0 radical (unpaired) electrons. The predicted molar refractivity (Wildman–Crippen MR) is 292 cm³/mol. The summed E-state index contributed by atoms with van der Waals surface area (Å²) in [6.07, 6.45) is 28.0. The van der Waals surface area contributed by atoms with Gasteiger partial charge in [0.25, 0.3) is 0 Å². The maximum Gasteiger partial charge on any atom is 0.0710 e. The summed E-state index contributed by atoms with van der Waals surface area (Å²) in [6, 6.07) is 67.9. The second-order valence-corrected chi connectivity index (χ2v) is 17.5. The van der Waals surface area contributed by atoms with Crippen LogP contribution in [0.1, 0.15) is 79.7 Å². The number of hydrogen-bond acceptors (Lipinski definition) is 2. The Morgan fingerprint density at radius 1 is 0.544 bits per heavy atom. The predicted octanol–water partition coefficient (Wildman–Crippen LogP) is 17.5. The molecular weight excluding hydrogens is 821 g/mol. The zero-order valence-electron chi connectivity index (χ0n) is 39.7. The molecule has 0 fully saturated rings. The molecule has 68 heavy (non-hydrogen) atoms. The second kappa shape index (κ2) is 21.7. The number of nitrogens with zero attached hydrogens (tertiary/aromatic N) is 1. The molecule has 0 saturated heterocycles. The molecule has 0 bridgehead atoms. The maximum absolute atomic E-state index is 3.61. The Morgan fingerprint density at radius 2 is 1.16 bits per heavy atom. The summed E-state index contributed by atoms with van der Waals surface area (Å²) in [4.78, 5) is 2.34. The van der Waals surface area contributed by atoms with Crippen LogP contribution in [-0.4, -0.2) is 7.05 Å². The van der Waals surface area contributed by atoms with E-state index in [1.165, 1.54) is 84.6 Å². The first kappa shape index (κ1) is 45.5. The highest BCUT2D eigenvalue weighted by Crippen LogP contribution is 2.58. The highest BCUT2D eigenvalue weighted by atomic mass is 15.1. The van der Waals surface area contributed by atoms with E-state index in [9.17, 15) is 0 Å². The highest BCUT2D eigenvalue weighted by Gasteiger charge is 2.48. The second-order valence-electron chi connectivity index (χ2n) is 17.5. The van der Waals surface area contributed by atoms with E-state index in [0.717, 1.165) is 31.4 Å². The summed E-state index contributed by atoms with van der Waals surface area (Å²) in [5.74, 6) is 0.661. The van der Waals surface area contributed by atoms with Gasteiger partial charge in [0, 0.05) is 35.9 Å². The fourth-order valence-electron chi connectivity index (χ4n) is 10.4. The minimum absolute atomic E-state index is 0.421. The van der Waals surface area contributed by atoms with Crippen molar-refractivity contribution in [2.75, 3.05) is 17.3 Å². The molecule has 0 spiro atoms. The van der Waals surface area contributed by atoms with Gasteiger partial charge in [-0.15, -0.1) is 0 Å². The van der Waals surface area contributed by atoms with Gasteiger partial charge in [0.1, 0.15) is 0 Å². The Hall–Kier alpha value is -7.68. The zero-order chi connectivity index (χ0) is 46.5. The molecule has 336 valence electrons. The van der Waals surface area contributed by atoms with Gasteiger partial charge in [-0.05, 0) is 130 Å². The molecule has 2 heteroatoms. The average Bonchev–Trinajstić information content (AvgIpc) is 3.71. The third-order valence-electron chi connectivity index (χ3n) is 13.7. The van der Waals surface area contributed by atoms with E-state index in [1.54, 1.807) is 0 Å². The molecule has 1 N–H and O–H groups in total. The molecule has 2 unspecified atom stereocenters. The topological polar surface area (TPSA) is 15.3 Å². The number of anilines is 2. The van der Waals surface area contributed by atoms with Crippen LogP contribution in [0.25, 0.3) is 27.8 Å². The third kappa shape index (κ3) is 9.46. The van der Waals surface area contributed by atoms with E-state index in [2.05, 4.69) is 260 Å². The van der Waals surface area contributed by atoms with Crippen LogP contribution in [0.3, 0.4) is 0 Å². The number of benzene rings is 7. The maximum atomic E-state index is 3.61. The quantitative estimate of drug-likeness (QED) is 0.172. The molecule has 7 aromatic rings. The summed E-state index contributed by atoms with van der Waals surface area (Å²) < 4.78 is 0. The fraction of sp³-hybridized carbons (Fsp3) is 0.152. The van der Waals surface area contributed by atoms with Gasteiger partial charge in [-0.1, -0.05) is 226 Å². The molecule has 2 nitrogen and oxygen atoms in total. The fourth-order valence-corrected chi connectivity index (χ4v) is 10.4. The molecule has 0 amide bonds. The van der Waals surface area contributed by atoms with Crippen molar-refractivity contribution in [2.45, 2.75) is 57.3 Å². The summed E-state index contributed by atoms with van der Waals surface area (Å²) in [6.45, 7) is 4.00. The first-order valence-electron chi connectivity index (χ1n) is 24.6. The first-order chi connectivity index (χ1) is 33.7. The molecule has 2 atom stereocenters. The van der Waals surface area contributed by atoms with Crippen LogP contribution < -0.4 is 10.2 Å². The van der Waals surface area contributed by atoms with Gasteiger partial charge in [0.15, 0.2) is 0 Å². The molecule has 7 aromatic carbocycles. The van der Waals surface area contributed by atoms with Gasteiger partial charge in [0.2, 0.25) is 0 Å². The summed E-state index contributed by atoms with van der Waals surface area (Å²) in [5.41, 5.74) is 18.8. The number of hydrogen-bond donors (Lipinski definition) is 1. The number of fused-ring (bicyclic) bond motifs is 4. The zero-order valence-corrected chi connectivity index (χ0v) is 39.7. The van der Waals surface area contributed by atoms with Crippen molar-refractivity contribution in [3.63, 3.8) is 0 Å². The molecular formula is C66H62N2. The third-order valence-corrected chi connectivity index (χ3v) is 13.7. The normalized spacial score (nSPS) is 19.2. The van der Waals surface area contributed by atoms with Gasteiger partial charge in [0.05, 0.1) is 5.41 Å². The van der Waals surface area contributed by atoms with Crippen LogP contribution in [0.5, 0.6) is 0 Å². The SMILES string of the molecule is C1=CC(C2(c3ccccc3)C3=C(c4cc(-c5ccccc5)ccc4N/C=C/C=C\C=C/3)c3ccccc32)=CCC1.CC.CN(C1=CCC(c2ccccc2)CC1)c1ccc(-c2ccccc2)cc1. The van der Waals surface area contributed by atoms with Crippen molar-refractivity contribution in [1.82, 2.24) is 0 Å². The Kier molecular flexibility index (Phi) is 14.5. The van der Waals surface area contributed by atoms with Crippen LogP contribution in [0, 0.1) is 0 Å². The summed E-state index contributed by atoms with van der Waals surface area (Å²) in [5, 5.41) is 3.61. The van der Waals surface area contributed by atoms with Crippen LogP contribution in [0.15, 0.2) is 266 Å². The minimum Gasteiger partial charge on any atom is -0.361 e. The monoisotopic (exact) mass is 882 g/mol. The van der Waals surface area contributed by atoms with Crippen molar-refractivity contribution in [1.29, 1.82) is 0 Å². The van der Waals surface area contributed by atoms with Crippen molar-refractivity contribution in [2.24, 2.45) is 0 Å². The summed E-state index contributed by atoms with van der Waals surface area (Å²) >= 11 is 0. The molecule has 0 aromatic heterocycles. The molecule has 1 heterocycles. The van der Waals surface area contributed by atoms with E-state index >= 15 is 0 Å². The van der Waals surface area contributed by atoms with Gasteiger partial charge in [-0.2, -0.15) is 0 Å². The molecule has 3 aliphatic carbocycles. The number of rotatable bonds is 7. The minimum atomic E-state index is -0.421. The van der Waals surface area contributed by atoms with Crippen molar-refractivity contribution < 1.29 is 0 Å². The van der Waals surface area contributed by atoms with E-state index in [0.29, 0.717) is 5.92 Å². The molecule has 0 saturated carbocycles. The molecule has 4 aliphatic rings. The Morgan fingerprint density at radius 3 is 1.84 bits per heavy atom. The Bertz CT molecular complexity index is 3000. The first-order valence-corrected chi connectivity index (χ1v) is 24.6. The van der Waals surface area contributed by atoms with Crippen molar-refractivity contribution in [3.8, 4) is 22.3 Å². The average molecular weight is 883 g/mol. The lowest BCUT2D eigenvalue weighted by atomic mass is 9.65. The van der Waals surface area contributed by atoms with Crippen molar-refractivity contribution in [3.05, 3.63) is 294 Å². The van der Waals surface area contributed by atoms with E-state index in [1.807, 2.05) is 20.0 Å². The lowest BCUT2D eigenvalue weighted by molar-refractivity contribution is 0.591. The van der Waals surface area contributed by atoms with Gasteiger partial charge in [-0.3, -0.25) is 0 Å². The lowest BCUT2D eigenvalue weighted by Gasteiger charge is -2.36.